The lowest BCUT2D eigenvalue weighted by Crippen LogP contribution is -2.24. The summed E-state index contributed by atoms with van der Waals surface area (Å²) in [6.07, 6.45) is 3.25. The van der Waals surface area contributed by atoms with Gasteiger partial charge in [0, 0.05) is 12.3 Å². The van der Waals surface area contributed by atoms with Gasteiger partial charge < -0.3 is 9.47 Å². The highest BCUT2D eigenvalue weighted by molar-refractivity contribution is 5.52. The fourth-order valence-electron chi connectivity index (χ4n) is 1.39. The van der Waals surface area contributed by atoms with E-state index in [1.807, 2.05) is 20.8 Å². The Kier molecular flexibility index (Phi) is 3.11. The molecule has 0 unspecified atom stereocenters. The number of rotatable bonds is 4. The van der Waals surface area contributed by atoms with Gasteiger partial charge in [0.2, 0.25) is 0 Å². The number of nitrogens with zero attached hydrogens (tertiary/aromatic N) is 2. The van der Waals surface area contributed by atoms with Gasteiger partial charge in [-0.1, -0.05) is 0 Å². The molecular formula is C12H16N2O4. The molecule has 1 saturated carbocycles. The Labute approximate surface area is 105 Å². The predicted octanol–water partition coefficient (Wildman–Crippen LogP) is 2.71. The van der Waals surface area contributed by atoms with Crippen LogP contribution in [0.5, 0.6) is 11.6 Å². The third-order valence-electron chi connectivity index (χ3n) is 2.26. The fourth-order valence-corrected chi connectivity index (χ4v) is 1.39. The van der Waals surface area contributed by atoms with Crippen molar-refractivity contribution in [3.8, 4) is 11.6 Å². The van der Waals surface area contributed by atoms with E-state index >= 15 is 0 Å². The van der Waals surface area contributed by atoms with Crippen LogP contribution in [0, 0.1) is 10.1 Å². The molecule has 1 aromatic rings. The first-order chi connectivity index (χ1) is 8.37. The summed E-state index contributed by atoms with van der Waals surface area (Å²) in [7, 11) is 0. The Morgan fingerprint density at radius 3 is 2.61 bits per heavy atom. The van der Waals surface area contributed by atoms with Crippen LogP contribution < -0.4 is 9.47 Å². The molecular weight excluding hydrogens is 236 g/mol. The maximum atomic E-state index is 11.0. The first-order valence-corrected chi connectivity index (χ1v) is 5.86. The molecule has 1 aliphatic carbocycles. The van der Waals surface area contributed by atoms with Crippen LogP contribution in [-0.2, 0) is 0 Å². The van der Waals surface area contributed by atoms with Crippen LogP contribution in [0.15, 0.2) is 12.3 Å². The van der Waals surface area contributed by atoms with E-state index < -0.39 is 10.5 Å². The van der Waals surface area contributed by atoms with Gasteiger partial charge in [-0.05, 0) is 33.6 Å². The third kappa shape index (κ3) is 3.09. The summed E-state index contributed by atoms with van der Waals surface area (Å²) in [6, 6.07) is 1.33. The molecule has 1 aliphatic rings. The molecule has 0 saturated heterocycles. The predicted molar refractivity (Wildman–Crippen MR) is 64.9 cm³/mol. The minimum atomic E-state index is -0.482. The summed E-state index contributed by atoms with van der Waals surface area (Å²) < 4.78 is 11.2. The monoisotopic (exact) mass is 252 g/mol. The standard InChI is InChI=1S/C12H16N2O4/c1-12(2,3)18-11-10(17-8-4-5-8)9(14(15)16)6-7-13-11/h6-8H,4-5H2,1-3H3. The summed E-state index contributed by atoms with van der Waals surface area (Å²) in [6.45, 7) is 5.57. The summed E-state index contributed by atoms with van der Waals surface area (Å²) in [4.78, 5) is 14.5. The van der Waals surface area contributed by atoms with E-state index in [4.69, 9.17) is 9.47 Å². The van der Waals surface area contributed by atoms with Crippen LogP contribution in [0.4, 0.5) is 5.69 Å². The number of nitro groups is 1. The largest absolute Gasteiger partial charge is 0.480 e. The van der Waals surface area contributed by atoms with Gasteiger partial charge in [0.15, 0.2) is 0 Å². The quantitative estimate of drug-likeness (QED) is 0.608. The lowest BCUT2D eigenvalue weighted by Gasteiger charge is -2.21. The Morgan fingerprint density at radius 2 is 2.11 bits per heavy atom. The zero-order valence-electron chi connectivity index (χ0n) is 10.7. The van der Waals surface area contributed by atoms with E-state index in [1.165, 1.54) is 12.3 Å². The first kappa shape index (κ1) is 12.6. The van der Waals surface area contributed by atoms with Gasteiger partial charge in [0.25, 0.3) is 11.6 Å². The van der Waals surface area contributed by atoms with Crippen molar-refractivity contribution >= 4 is 5.69 Å². The molecule has 0 spiro atoms. The minimum Gasteiger partial charge on any atom is -0.480 e. The number of aromatic nitrogens is 1. The van der Waals surface area contributed by atoms with E-state index in [0.29, 0.717) is 0 Å². The Morgan fingerprint density at radius 1 is 1.44 bits per heavy atom. The van der Waals surface area contributed by atoms with Gasteiger partial charge in [-0.2, -0.15) is 0 Å². The first-order valence-electron chi connectivity index (χ1n) is 5.86. The van der Waals surface area contributed by atoms with Crippen molar-refractivity contribution in [1.82, 2.24) is 4.98 Å². The zero-order chi connectivity index (χ0) is 13.3. The third-order valence-corrected chi connectivity index (χ3v) is 2.26. The average Bonchev–Trinajstić information content (AvgIpc) is 3.01. The van der Waals surface area contributed by atoms with E-state index in [2.05, 4.69) is 4.98 Å². The minimum absolute atomic E-state index is 0.0511. The van der Waals surface area contributed by atoms with Crippen molar-refractivity contribution in [1.29, 1.82) is 0 Å². The van der Waals surface area contributed by atoms with Crippen LogP contribution in [-0.4, -0.2) is 21.6 Å². The molecule has 0 aromatic carbocycles. The second kappa shape index (κ2) is 4.44. The number of pyridine rings is 1. The van der Waals surface area contributed by atoms with Crippen molar-refractivity contribution in [3.63, 3.8) is 0 Å². The summed E-state index contributed by atoms with van der Waals surface area (Å²) in [5.74, 6) is 0.323. The molecule has 98 valence electrons. The lowest BCUT2D eigenvalue weighted by atomic mass is 10.2. The molecule has 0 N–H and O–H groups in total. The Bertz CT molecular complexity index is 464. The van der Waals surface area contributed by atoms with Crippen molar-refractivity contribution in [2.45, 2.75) is 45.3 Å². The highest BCUT2D eigenvalue weighted by atomic mass is 16.6. The molecule has 0 bridgehead atoms. The Balaban J connectivity index is 2.36. The van der Waals surface area contributed by atoms with Crippen LogP contribution in [0.1, 0.15) is 33.6 Å². The van der Waals surface area contributed by atoms with E-state index in [9.17, 15) is 10.1 Å². The molecule has 1 fully saturated rings. The van der Waals surface area contributed by atoms with E-state index in [-0.39, 0.29) is 23.4 Å². The Hall–Kier alpha value is -1.85. The van der Waals surface area contributed by atoms with Crippen LogP contribution >= 0.6 is 0 Å². The summed E-state index contributed by atoms with van der Waals surface area (Å²) >= 11 is 0. The molecule has 2 rings (SSSR count). The smallest absolute Gasteiger partial charge is 0.318 e. The lowest BCUT2D eigenvalue weighted by molar-refractivity contribution is -0.386. The van der Waals surface area contributed by atoms with E-state index in [0.717, 1.165) is 12.8 Å². The van der Waals surface area contributed by atoms with Crippen molar-refractivity contribution < 1.29 is 14.4 Å². The molecule has 1 aromatic heterocycles. The zero-order valence-corrected chi connectivity index (χ0v) is 10.7. The van der Waals surface area contributed by atoms with Crippen LogP contribution in [0.3, 0.4) is 0 Å². The van der Waals surface area contributed by atoms with Gasteiger partial charge in [-0.15, -0.1) is 0 Å². The number of hydrogen-bond acceptors (Lipinski definition) is 5. The molecule has 1 heterocycles. The van der Waals surface area contributed by atoms with Crippen LogP contribution in [0.25, 0.3) is 0 Å². The normalized spacial score (nSPS) is 15.3. The second-order valence-corrected chi connectivity index (χ2v) is 5.25. The maximum absolute atomic E-state index is 11.0. The van der Waals surface area contributed by atoms with Crippen LogP contribution in [0.2, 0.25) is 0 Å². The maximum Gasteiger partial charge on any atom is 0.318 e. The topological polar surface area (TPSA) is 74.5 Å². The highest BCUT2D eigenvalue weighted by Crippen LogP contribution is 2.40. The van der Waals surface area contributed by atoms with Gasteiger partial charge in [-0.3, -0.25) is 10.1 Å². The molecule has 0 aliphatic heterocycles. The molecule has 0 atom stereocenters. The second-order valence-electron chi connectivity index (χ2n) is 5.25. The van der Waals surface area contributed by atoms with E-state index in [1.54, 1.807) is 0 Å². The fraction of sp³-hybridized carbons (Fsp3) is 0.583. The van der Waals surface area contributed by atoms with Gasteiger partial charge >= 0.3 is 5.69 Å². The molecule has 0 radical (unpaired) electrons. The molecule has 6 nitrogen and oxygen atoms in total. The van der Waals surface area contributed by atoms with Gasteiger partial charge in [0.1, 0.15) is 5.60 Å². The highest BCUT2D eigenvalue weighted by Gasteiger charge is 2.31. The SMILES string of the molecule is CC(C)(C)Oc1nccc([N+](=O)[O-])c1OC1CC1. The number of ether oxygens (including phenoxy) is 2. The van der Waals surface area contributed by atoms with Gasteiger partial charge in [0.05, 0.1) is 11.0 Å². The number of hydrogen-bond donors (Lipinski definition) is 0. The molecule has 6 heteroatoms. The summed E-state index contributed by atoms with van der Waals surface area (Å²) in [5, 5.41) is 11.0. The molecule has 0 amide bonds. The van der Waals surface area contributed by atoms with Crippen molar-refractivity contribution in [3.05, 3.63) is 22.4 Å². The molecule has 18 heavy (non-hydrogen) atoms. The summed E-state index contributed by atoms with van der Waals surface area (Å²) in [5.41, 5.74) is -0.583. The van der Waals surface area contributed by atoms with Crippen molar-refractivity contribution in [2.75, 3.05) is 0 Å². The average molecular weight is 252 g/mol. The van der Waals surface area contributed by atoms with Gasteiger partial charge in [-0.25, -0.2) is 4.98 Å². The van der Waals surface area contributed by atoms with Crippen molar-refractivity contribution in [2.24, 2.45) is 0 Å².